The first-order valence-corrected chi connectivity index (χ1v) is 19.7. The minimum Gasteiger partial charge on any atom is -0.469 e. The van der Waals surface area contributed by atoms with Crippen LogP contribution in [0.15, 0.2) is 12.2 Å². The molecule has 9 atom stereocenters. The van der Waals surface area contributed by atoms with E-state index < -0.39 is 27.7 Å². The third-order valence-corrected chi connectivity index (χ3v) is 11.5. The minimum atomic E-state index is -1.83. The zero-order valence-corrected chi connectivity index (χ0v) is 24.2. The van der Waals surface area contributed by atoms with E-state index in [4.69, 9.17) is 18.3 Å². The highest BCUT2D eigenvalue weighted by molar-refractivity contribution is 6.70. The highest BCUT2D eigenvalue weighted by Gasteiger charge is 2.83. The van der Waals surface area contributed by atoms with Gasteiger partial charge in [-0.2, -0.15) is 0 Å². The van der Waals surface area contributed by atoms with Crippen molar-refractivity contribution in [3.63, 3.8) is 0 Å². The lowest BCUT2D eigenvalue weighted by atomic mass is 9.59. The maximum Gasteiger partial charge on any atom is 0.312 e. The second-order valence-corrected chi connectivity index (χ2v) is 22.9. The molecule has 34 heavy (non-hydrogen) atoms. The Balaban J connectivity index is 1.65. The summed E-state index contributed by atoms with van der Waals surface area (Å²) in [5.41, 5.74) is -0.544. The molecule has 1 heterocycles. The monoisotopic (exact) mass is 506 g/mol. The van der Waals surface area contributed by atoms with Gasteiger partial charge >= 0.3 is 11.9 Å². The van der Waals surface area contributed by atoms with Crippen LogP contribution in [0.2, 0.25) is 39.3 Å². The third kappa shape index (κ3) is 3.30. The number of carbonyl (C=O) groups excluding carboxylic acids is 2. The van der Waals surface area contributed by atoms with Gasteiger partial charge in [-0.05, 0) is 77.3 Å². The first-order valence-electron chi connectivity index (χ1n) is 12.9. The van der Waals surface area contributed by atoms with Crippen LogP contribution in [-0.4, -0.2) is 53.5 Å². The van der Waals surface area contributed by atoms with Crippen molar-refractivity contribution < 1.29 is 27.9 Å². The molecule has 8 heteroatoms. The van der Waals surface area contributed by atoms with Crippen molar-refractivity contribution in [2.75, 3.05) is 7.11 Å². The van der Waals surface area contributed by atoms with Crippen LogP contribution in [0.25, 0.3) is 0 Å². The maximum absolute atomic E-state index is 13.5. The van der Waals surface area contributed by atoms with Crippen LogP contribution in [-0.2, 0) is 27.9 Å². The fraction of sp³-hybridized carbons (Fsp3) is 0.846. The molecule has 4 aliphatic carbocycles. The Morgan fingerprint density at radius 1 is 1.06 bits per heavy atom. The topological polar surface area (TPSA) is 71.1 Å². The number of ether oxygens (including phenoxy) is 2. The van der Waals surface area contributed by atoms with Crippen LogP contribution in [0.3, 0.4) is 0 Å². The molecule has 1 spiro atoms. The van der Waals surface area contributed by atoms with E-state index in [1.165, 1.54) is 12.7 Å². The lowest BCUT2D eigenvalue weighted by Gasteiger charge is -2.48. The van der Waals surface area contributed by atoms with E-state index in [0.29, 0.717) is 12.8 Å². The highest BCUT2D eigenvalue weighted by Crippen LogP contribution is 2.78. The molecule has 0 aromatic rings. The number of rotatable bonds is 5. The molecule has 4 saturated carbocycles. The molecular weight excluding hydrogens is 464 g/mol. The Bertz CT molecular complexity index is 937. The second kappa shape index (κ2) is 7.29. The van der Waals surface area contributed by atoms with E-state index in [0.717, 1.165) is 19.3 Å². The maximum atomic E-state index is 13.5. The largest absolute Gasteiger partial charge is 0.469 e. The van der Waals surface area contributed by atoms with E-state index in [-0.39, 0.29) is 53.2 Å². The second-order valence-electron chi connectivity index (χ2n) is 13.9. The Hall–Kier alpha value is -0.966. The van der Waals surface area contributed by atoms with Gasteiger partial charge in [0.25, 0.3) is 0 Å². The molecule has 0 amide bonds. The molecule has 5 rings (SSSR count). The first kappa shape index (κ1) is 24.7. The molecule has 0 aromatic heterocycles. The predicted molar refractivity (Wildman–Crippen MR) is 134 cm³/mol. The molecule has 0 N–H and O–H groups in total. The van der Waals surface area contributed by atoms with E-state index in [2.05, 4.69) is 45.9 Å². The van der Waals surface area contributed by atoms with Crippen LogP contribution < -0.4 is 0 Å². The van der Waals surface area contributed by atoms with Gasteiger partial charge in [-0.1, -0.05) is 12.2 Å². The fourth-order valence-corrected chi connectivity index (χ4v) is 11.3. The Morgan fingerprint density at radius 3 is 2.29 bits per heavy atom. The van der Waals surface area contributed by atoms with Crippen LogP contribution in [0.1, 0.15) is 39.0 Å². The van der Waals surface area contributed by atoms with Gasteiger partial charge in [0.1, 0.15) is 5.60 Å². The van der Waals surface area contributed by atoms with E-state index in [1.807, 2.05) is 6.92 Å². The molecule has 4 bridgehead atoms. The number of hydrogen-bond donors (Lipinski definition) is 0. The van der Waals surface area contributed by atoms with Gasteiger partial charge in [-0.15, -0.1) is 0 Å². The van der Waals surface area contributed by atoms with Gasteiger partial charge in [-0.25, -0.2) is 0 Å². The first-order chi connectivity index (χ1) is 15.6. The summed E-state index contributed by atoms with van der Waals surface area (Å²) in [5.74, 6) is -0.606. The van der Waals surface area contributed by atoms with Crippen LogP contribution in [0.4, 0.5) is 0 Å². The molecule has 2 unspecified atom stereocenters. The lowest BCUT2D eigenvalue weighted by Crippen LogP contribution is -2.54. The Kier molecular flexibility index (Phi) is 5.30. The van der Waals surface area contributed by atoms with Crippen LogP contribution >= 0.6 is 0 Å². The summed E-state index contributed by atoms with van der Waals surface area (Å²) in [7, 11) is -2.16. The normalized spacial score (nSPS) is 47.3. The average Bonchev–Trinajstić information content (AvgIpc) is 3.13. The SMILES string of the molecule is C=C1C[C@]23CC1[C@H](O[Si](C)(C)C)C[C@H]2[C@@]12C[C@H](O[Si](C)(C)C)CC(C)(C(=O)O1)[C@H]2[C@@H]3C(=O)OC. The number of fused-ring (bicyclic) bond motifs is 1. The van der Waals surface area contributed by atoms with Gasteiger partial charge in [0.2, 0.25) is 0 Å². The molecule has 5 aliphatic rings. The zero-order valence-electron chi connectivity index (χ0n) is 22.2. The molecule has 6 nitrogen and oxygen atoms in total. The van der Waals surface area contributed by atoms with E-state index >= 15 is 0 Å². The van der Waals surface area contributed by atoms with Crippen molar-refractivity contribution in [3.8, 4) is 0 Å². The smallest absolute Gasteiger partial charge is 0.312 e. The van der Waals surface area contributed by atoms with Gasteiger partial charge in [0, 0.05) is 30.3 Å². The molecule has 1 aliphatic heterocycles. The van der Waals surface area contributed by atoms with E-state index in [9.17, 15) is 9.59 Å². The molecule has 0 radical (unpaired) electrons. The summed E-state index contributed by atoms with van der Waals surface area (Å²) in [5, 5.41) is 0. The van der Waals surface area contributed by atoms with Gasteiger partial charge in [0.05, 0.1) is 24.5 Å². The average molecular weight is 507 g/mol. The van der Waals surface area contributed by atoms with Gasteiger partial charge < -0.3 is 18.3 Å². The van der Waals surface area contributed by atoms with Gasteiger partial charge in [-0.3, -0.25) is 9.59 Å². The number of esters is 2. The Labute approximate surface area is 206 Å². The van der Waals surface area contributed by atoms with E-state index in [1.54, 1.807) is 0 Å². The highest BCUT2D eigenvalue weighted by atomic mass is 28.4. The molecule has 5 fully saturated rings. The summed E-state index contributed by atoms with van der Waals surface area (Å²) in [6.45, 7) is 19.8. The summed E-state index contributed by atoms with van der Waals surface area (Å²) in [6, 6.07) is 0. The zero-order chi connectivity index (χ0) is 25.1. The summed E-state index contributed by atoms with van der Waals surface area (Å²) < 4.78 is 25.3. The molecule has 0 aromatic carbocycles. The molecular formula is C26H42O6Si2. The van der Waals surface area contributed by atoms with Crippen molar-refractivity contribution in [1.82, 2.24) is 0 Å². The quantitative estimate of drug-likeness (QED) is 0.300. The number of carbonyl (C=O) groups is 2. The fourth-order valence-electron chi connectivity index (χ4n) is 8.99. The summed E-state index contributed by atoms with van der Waals surface area (Å²) in [4.78, 5) is 27.1. The van der Waals surface area contributed by atoms with Crippen molar-refractivity contribution in [2.24, 2.45) is 34.5 Å². The molecule has 190 valence electrons. The minimum absolute atomic E-state index is 0.0356. The Morgan fingerprint density at radius 2 is 1.71 bits per heavy atom. The van der Waals surface area contributed by atoms with Crippen molar-refractivity contribution in [3.05, 3.63) is 12.2 Å². The van der Waals surface area contributed by atoms with Crippen molar-refractivity contribution >= 4 is 28.6 Å². The van der Waals surface area contributed by atoms with Crippen molar-refractivity contribution in [1.29, 1.82) is 0 Å². The standard InChI is InChI=1S/C26H42O6Si2/c1-15-11-25-14-17(15)18(32-34(7,8)9)10-19(25)26-13-16(31-33(4,5)6)12-24(2,23(28)30-26)21(26)20(25)22(27)29-3/h16-21H,1,10-14H2,2-9H3/t16-,17?,18-,19-,20-,21-,24?,25+,26-/m1/s1. The summed E-state index contributed by atoms with van der Waals surface area (Å²) >= 11 is 0. The predicted octanol–water partition coefficient (Wildman–Crippen LogP) is 4.91. The number of hydrogen-bond acceptors (Lipinski definition) is 6. The lowest BCUT2D eigenvalue weighted by molar-refractivity contribution is -0.163. The summed E-state index contributed by atoms with van der Waals surface area (Å²) in [6.07, 6.45) is 3.77. The third-order valence-electron chi connectivity index (χ3n) is 9.47. The van der Waals surface area contributed by atoms with Crippen molar-refractivity contribution in [2.45, 2.75) is 96.1 Å². The van der Waals surface area contributed by atoms with Crippen LogP contribution in [0.5, 0.6) is 0 Å². The van der Waals surface area contributed by atoms with Crippen LogP contribution in [0, 0.1) is 34.5 Å². The number of methoxy groups -OCH3 is 1. The van der Waals surface area contributed by atoms with Gasteiger partial charge in [0.15, 0.2) is 16.6 Å². The molecule has 1 saturated heterocycles.